The van der Waals surface area contributed by atoms with Crippen molar-refractivity contribution in [1.29, 1.82) is 0 Å². The van der Waals surface area contributed by atoms with Crippen LogP contribution in [-0.2, 0) is 19.5 Å². The monoisotopic (exact) mass is 604 g/mol. The molecule has 0 unspecified atom stereocenters. The first-order valence-corrected chi connectivity index (χ1v) is 16.2. The number of morpholine rings is 1. The van der Waals surface area contributed by atoms with Gasteiger partial charge in [-0.3, -0.25) is 4.72 Å². The van der Waals surface area contributed by atoms with Crippen LogP contribution in [0.25, 0.3) is 0 Å². The van der Waals surface area contributed by atoms with Gasteiger partial charge in [-0.15, -0.1) is 0 Å². The number of hydrogen-bond donors (Lipinski definition) is 1. The van der Waals surface area contributed by atoms with Gasteiger partial charge >= 0.3 is 0 Å². The van der Waals surface area contributed by atoms with E-state index in [0.717, 1.165) is 37.8 Å². The van der Waals surface area contributed by atoms with Crippen LogP contribution in [0.1, 0.15) is 49.3 Å². The predicted molar refractivity (Wildman–Crippen MR) is 160 cm³/mol. The van der Waals surface area contributed by atoms with E-state index in [0.29, 0.717) is 80.2 Å². The molecule has 12 heteroatoms. The smallest absolute Gasteiger partial charge is 0.238 e. The molecule has 2 saturated heterocycles. The second kappa shape index (κ2) is 14.8. The highest BCUT2D eigenvalue weighted by Gasteiger charge is 2.22. The molecule has 0 amide bonds. The van der Waals surface area contributed by atoms with E-state index in [2.05, 4.69) is 27.6 Å². The highest BCUT2D eigenvalue weighted by Crippen LogP contribution is 2.31. The van der Waals surface area contributed by atoms with E-state index < -0.39 is 15.8 Å². The fraction of sp³-hybridized carbons (Fsp3) is 0.533. The van der Waals surface area contributed by atoms with Gasteiger partial charge < -0.3 is 23.8 Å². The van der Waals surface area contributed by atoms with Crippen LogP contribution in [0, 0.1) is 18.7 Å². The first-order chi connectivity index (χ1) is 20.2. The molecule has 10 nitrogen and oxygen atoms in total. The van der Waals surface area contributed by atoms with E-state index in [1.807, 2.05) is 6.92 Å². The maximum atomic E-state index is 15.2. The molecule has 2 aromatic rings. The molecule has 1 aromatic heterocycles. The van der Waals surface area contributed by atoms with Gasteiger partial charge in [-0.05, 0) is 50.3 Å². The Bertz CT molecular complexity index is 1390. The Morgan fingerprint density at radius 3 is 2.57 bits per heavy atom. The van der Waals surface area contributed by atoms with E-state index in [-0.39, 0.29) is 11.6 Å². The number of unbranched alkanes of at least 4 members (excludes halogenated alkanes) is 1. The predicted octanol–water partition coefficient (Wildman–Crippen LogP) is 4.53. The lowest BCUT2D eigenvalue weighted by atomic mass is 9.97. The number of sulfonamides is 1. The number of nitrogens with one attached hydrogen (secondary N) is 1. The van der Waals surface area contributed by atoms with Crippen molar-refractivity contribution < 1.29 is 31.8 Å². The van der Waals surface area contributed by atoms with Gasteiger partial charge in [0.25, 0.3) is 0 Å². The first-order valence-electron chi connectivity index (χ1n) is 14.3. The number of pyridine rings is 1. The molecule has 42 heavy (non-hydrogen) atoms. The lowest BCUT2D eigenvalue weighted by molar-refractivity contribution is 0.0496. The van der Waals surface area contributed by atoms with Crippen molar-refractivity contribution >= 4 is 21.4 Å². The van der Waals surface area contributed by atoms with E-state index in [4.69, 9.17) is 23.9 Å². The second-order valence-corrected chi connectivity index (χ2v) is 12.3. The zero-order chi connectivity index (χ0) is 30.1. The molecule has 0 atom stereocenters. The quantitative estimate of drug-likeness (QED) is 0.352. The van der Waals surface area contributed by atoms with E-state index in [1.54, 1.807) is 12.3 Å². The average Bonchev–Trinajstić information content (AvgIpc) is 2.98. The number of methoxy groups -OCH3 is 1. The molecule has 2 aliphatic rings. The standard InChI is InChI=1S/C30H41FN4O6S/c1-5-6-7-28(35-10-14-40-15-11-35)33-29(23-16-26(34-42(4,36)37)30(38-3)32-19-23)25-17-24(31)18-27(21(25)2)41-20-22-8-12-39-13-9-22/h7,16-19,22,34H,5-6,8-15,20H2,1-4H3/b28-7-,33-29-. The number of hydrogen-bond acceptors (Lipinski definition) is 9. The summed E-state index contributed by atoms with van der Waals surface area (Å²) in [6, 6.07) is 4.43. The average molecular weight is 605 g/mol. The summed E-state index contributed by atoms with van der Waals surface area (Å²) in [6.07, 6.45) is 8.18. The van der Waals surface area contributed by atoms with E-state index in [9.17, 15) is 8.42 Å². The van der Waals surface area contributed by atoms with E-state index in [1.165, 1.54) is 19.2 Å². The summed E-state index contributed by atoms with van der Waals surface area (Å²) in [6.45, 7) is 8.29. The molecule has 0 radical (unpaired) electrons. The van der Waals surface area contributed by atoms with Gasteiger partial charge in [0.15, 0.2) is 0 Å². The minimum Gasteiger partial charge on any atom is -0.493 e. The maximum Gasteiger partial charge on any atom is 0.238 e. The highest BCUT2D eigenvalue weighted by atomic mass is 32.2. The SMILES string of the molecule is CCC/C=C(/N=C(/c1cnc(OC)c(NS(C)(=O)=O)c1)c1cc(F)cc(OCC2CCOCC2)c1C)N1CCOCC1. The third-order valence-corrected chi connectivity index (χ3v) is 7.78. The van der Waals surface area contributed by atoms with Gasteiger partial charge in [-0.2, -0.15) is 0 Å². The molecule has 0 aliphatic carbocycles. The summed E-state index contributed by atoms with van der Waals surface area (Å²) >= 11 is 0. The van der Waals surface area contributed by atoms with Crippen LogP contribution in [0.2, 0.25) is 0 Å². The lowest BCUT2D eigenvalue weighted by Gasteiger charge is -2.29. The number of rotatable bonds is 12. The normalized spacial score (nSPS) is 17.3. The van der Waals surface area contributed by atoms with Crippen molar-refractivity contribution in [3.63, 3.8) is 0 Å². The summed E-state index contributed by atoms with van der Waals surface area (Å²) in [4.78, 5) is 11.6. The molecule has 2 fully saturated rings. The highest BCUT2D eigenvalue weighted by molar-refractivity contribution is 7.92. The zero-order valence-electron chi connectivity index (χ0n) is 24.8. The summed E-state index contributed by atoms with van der Waals surface area (Å²) in [7, 11) is -2.23. The van der Waals surface area contributed by atoms with Crippen LogP contribution >= 0.6 is 0 Å². The molecule has 1 N–H and O–H groups in total. The van der Waals surface area contributed by atoms with Crippen molar-refractivity contribution in [2.75, 3.05) is 64.2 Å². The van der Waals surface area contributed by atoms with Gasteiger partial charge in [0.05, 0.1) is 38.9 Å². The molecule has 0 saturated carbocycles. The first kappa shape index (κ1) is 31.7. The van der Waals surface area contributed by atoms with Crippen molar-refractivity contribution in [2.45, 2.75) is 39.5 Å². The van der Waals surface area contributed by atoms with Crippen molar-refractivity contribution in [2.24, 2.45) is 10.9 Å². The van der Waals surface area contributed by atoms with Gasteiger partial charge in [-0.1, -0.05) is 13.3 Å². The van der Waals surface area contributed by atoms with Crippen molar-refractivity contribution in [3.8, 4) is 11.6 Å². The third kappa shape index (κ3) is 8.65. The third-order valence-electron chi connectivity index (χ3n) is 7.19. The van der Waals surface area contributed by atoms with Crippen molar-refractivity contribution in [3.05, 3.63) is 58.8 Å². The fourth-order valence-electron chi connectivity index (χ4n) is 4.89. The summed E-state index contributed by atoms with van der Waals surface area (Å²) < 4.78 is 64.5. The summed E-state index contributed by atoms with van der Waals surface area (Å²) in [5.74, 6) is 1.14. The van der Waals surface area contributed by atoms with Crippen LogP contribution in [-0.4, -0.2) is 83.5 Å². The van der Waals surface area contributed by atoms with Crippen LogP contribution in [0.15, 0.2) is 41.3 Å². The number of ether oxygens (including phenoxy) is 4. The Kier molecular flexibility index (Phi) is 11.2. The van der Waals surface area contributed by atoms with Crippen molar-refractivity contribution in [1.82, 2.24) is 9.88 Å². The molecule has 0 bridgehead atoms. The number of nitrogens with zero attached hydrogens (tertiary/aromatic N) is 3. The number of benzene rings is 1. The van der Waals surface area contributed by atoms with Crippen LogP contribution in [0.5, 0.6) is 11.6 Å². The molecular formula is C30H41FN4O6S. The molecule has 230 valence electrons. The number of allylic oxidation sites excluding steroid dienone is 1. The van der Waals surface area contributed by atoms with Crippen LogP contribution in [0.4, 0.5) is 10.1 Å². The zero-order valence-corrected chi connectivity index (χ0v) is 25.6. The Morgan fingerprint density at radius 1 is 1.19 bits per heavy atom. The topological polar surface area (TPSA) is 112 Å². The van der Waals surface area contributed by atoms with Crippen LogP contribution in [0.3, 0.4) is 0 Å². The Balaban J connectivity index is 1.85. The summed E-state index contributed by atoms with van der Waals surface area (Å²) in [5.41, 5.74) is 2.31. The summed E-state index contributed by atoms with van der Waals surface area (Å²) in [5, 5.41) is 0. The van der Waals surface area contributed by atoms with Gasteiger partial charge in [-0.25, -0.2) is 22.8 Å². The number of anilines is 1. The molecule has 0 spiro atoms. The molecule has 1 aromatic carbocycles. The Morgan fingerprint density at radius 2 is 1.90 bits per heavy atom. The Labute approximate surface area is 248 Å². The fourth-order valence-corrected chi connectivity index (χ4v) is 5.44. The number of aliphatic imine (C=N–C) groups is 1. The van der Waals surface area contributed by atoms with Gasteiger partial charge in [0, 0.05) is 55.3 Å². The largest absolute Gasteiger partial charge is 0.493 e. The number of aromatic nitrogens is 1. The maximum absolute atomic E-state index is 15.2. The van der Waals surface area contributed by atoms with Crippen LogP contribution < -0.4 is 14.2 Å². The number of halogens is 1. The Hall–Kier alpha value is -3.22. The molecule has 4 rings (SSSR count). The lowest BCUT2D eigenvalue weighted by Crippen LogP contribution is -2.35. The molecule has 3 heterocycles. The minimum atomic E-state index is -3.64. The molecular weight excluding hydrogens is 563 g/mol. The second-order valence-electron chi connectivity index (χ2n) is 10.5. The molecule has 2 aliphatic heterocycles. The minimum absolute atomic E-state index is 0.106. The van der Waals surface area contributed by atoms with Gasteiger partial charge in [0.1, 0.15) is 23.1 Å². The van der Waals surface area contributed by atoms with E-state index >= 15 is 4.39 Å². The van der Waals surface area contributed by atoms with Gasteiger partial charge in [0.2, 0.25) is 15.9 Å².